The average Bonchev–Trinajstić information content (AvgIpc) is 2.31. The lowest BCUT2D eigenvalue weighted by atomic mass is 10.2. The van der Waals surface area contributed by atoms with Crippen LogP contribution in [0.4, 0.5) is 18.9 Å². The quantitative estimate of drug-likeness (QED) is 0.877. The van der Waals surface area contributed by atoms with Crippen LogP contribution in [0.5, 0.6) is 0 Å². The van der Waals surface area contributed by atoms with Crippen LogP contribution in [0, 0.1) is 0 Å². The maximum Gasteiger partial charge on any atom is 0.416 e. The predicted octanol–water partition coefficient (Wildman–Crippen LogP) is 3.86. The van der Waals surface area contributed by atoms with E-state index in [1.54, 1.807) is 0 Å². The second-order valence-corrected chi connectivity index (χ2v) is 7.26. The summed E-state index contributed by atoms with van der Waals surface area (Å²) >= 11 is 11.5. The number of nitrogens with one attached hydrogen (secondary N) is 1. The lowest BCUT2D eigenvalue weighted by Gasteiger charge is -2.13. The zero-order chi connectivity index (χ0) is 15.6. The van der Waals surface area contributed by atoms with Crippen molar-refractivity contribution in [3.8, 4) is 0 Å². The Bertz CT molecular complexity index is 565. The van der Waals surface area contributed by atoms with E-state index in [2.05, 4.69) is 5.32 Å². The van der Waals surface area contributed by atoms with Gasteiger partial charge in [0.15, 0.2) is 9.84 Å². The van der Waals surface area contributed by atoms with Crippen molar-refractivity contribution in [3.05, 3.63) is 27.7 Å². The van der Waals surface area contributed by atoms with E-state index in [0.29, 0.717) is 0 Å². The fraction of sp³-hybridized carbons (Fsp3) is 0.455. The third-order valence-electron chi connectivity index (χ3n) is 2.52. The van der Waals surface area contributed by atoms with Crippen LogP contribution < -0.4 is 5.32 Å². The number of halogens is 5. The minimum atomic E-state index is -4.54. The van der Waals surface area contributed by atoms with Crippen LogP contribution in [0.2, 0.25) is 10.0 Å². The van der Waals surface area contributed by atoms with Gasteiger partial charge in [-0.2, -0.15) is 13.2 Å². The first kappa shape index (κ1) is 17.4. The molecule has 0 saturated heterocycles. The van der Waals surface area contributed by atoms with Gasteiger partial charge in [-0.05, 0) is 12.1 Å². The zero-order valence-electron chi connectivity index (χ0n) is 10.4. The van der Waals surface area contributed by atoms with Crippen molar-refractivity contribution in [2.75, 3.05) is 23.4 Å². The number of rotatable bonds is 5. The standard InChI is InChI=1S/C11H12Cl2F3NO2S/c1-2-20(18,19)4-3-17-10-8(12)5-7(6-9(10)13)11(14,15)16/h5-6,17H,2-4H2,1H3. The van der Waals surface area contributed by atoms with Crippen LogP contribution in [-0.2, 0) is 16.0 Å². The third kappa shape index (κ3) is 4.71. The van der Waals surface area contributed by atoms with Crippen molar-refractivity contribution in [2.45, 2.75) is 13.1 Å². The number of benzene rings is 1. The number of anilines is 1. The number of sulfone groups is 1. The summed E-state index contributed by atoms with van der Waals surface area (Å²) in [4.78, 5) is 0. The highest BCUT2D eigenvalue weighted by atomic mass is 35.5. The van der Waals surface area contributed by atoms with Gasteiger partial charge in [0.05, 0.1) is 27.0 Å². The number of alkyl halides is 3. The van der Waals surface area contributed by atoms with E-state index in [1.165, 1.54) is 6.92 Å². The number of hydrogen-bond acceptors (Lipinski definition) is 3. The van der Waals surface area contributed by atoms with Crippen LogP contribution in [0.3, 0.4) is 0 Å². The highest BCUT2D eigenvalue weighted by Gasteiger charge is 2.32. The first-order chi connectivity index (χ1) is 9.07. The van der Waals surface area contributed by atoms with Crippen LogP contribution >= 0.6 is 23.2 Å². The highest BCUT2D eigenvalue weighted by Crippen LogP contribution is 2.38. The molecule has 1 N–H and O–H groups in total. The summed E-state index contributed by atoms with van der Waals surface area (Å²) in [6, 6.07) is 1.48. The molecule has 0 aromatic heterocycles. The molecule has 0 saturated carbocycles. The highest BCUT2D eigenvalue weighted by molar-refractivity contribution is 7.91. The lowest BCUT2D eigenvalue weighted by molar-refractivity contribution is -0.137. The van der Waals surface area contributed by atoms with Gasteiger partial charge in [-0.25, -0.2) is 8.42 Å². The van der Waals surface area contributed by atoms with Gasteiger partial charge in [0.25, 0.3) is 0 Å². The molecule has 9 heteroatoms. The Morgan fingerprint density at radius 1 is 1.20 bits per heavy atom. The molecular formula is C11H12Cl2F3NO2S. The molecule has 20 heavy (non-hydrogen) atoms. The van der Waals surface area contributed by atoms with Gasteiger partial charge in [-0.3, -0.25) is 0 Å². The SMILES string of the molecule is CCS(=O)(=O)CCNc1c(Cl)cc(C(F)(F)F)cc1Cl. The third-order valence-corrected chi connectivity index (χ3v) is 4.83. The molecule has 0 bridgehead atoms. The molecule has 0 spiro atoms. The molecule has 0 atom stereocenters. The molecule has 0 unspecified atom stereocenters. The first-order valence-electron chi connectivity index (χ1n) is 5.57. The molecule has 1 aromatic carbocycles. The van der Waals surface area contributed by atoms with E-state index in [4.69, 9.17) is 23.2 Å². The molecule has 1 rings (SSSR count). The van der Waals surface area contributed by atoms with Crippen molar-refractivity contribution in [1.29, 1.82) is 0 Å². The summed E-state index contributed by atoms with van der Waals surface area (Å²) in [7, 11) is -3.18. The normalized spacial score (nSPS) is 12.5. The smallest absolute Gasteiger partial charge is 0.382 e. The molecular weight excluding hydrogens is 338 g/mol. The Kier molecular flexibility index (Phi) is 5.57. The predicted molar refractivity (Wildman–Crippen MR) is 74.3 cm³/mol. The monoisotopic (exact) mass is 349 g/mol. The van der Waals surface area contributed by atoms with Gasteiger partial charge in [0, 0.05) is 12.3 Å². The molecule has 114 valence electrons. The summed E-state index contributed by atoms with van der Waals surface area (Å²) in [6.07, 6.45) is -4.54. The fourth-order valence-electron chi connectivity index (χ4n) is 1.38. The Morgan fingerprint density at radius 3 is 2.10 bits per heavy atom. The van der Waals surface area contributed by atoms with Gasteiger partial charge >= 0.3 is 6.18 Å². The van der Waals surface area contributed by atoms with E-state index in [-0.39, 0.29) is 33.8 Å². The summed E-state index contributed by atoms with van der Waals surface area (Å²) < 4.78 is 60.1. The summed E-state index contributed by atoms with van der Waals surface area (Å²) in [6.45, 7) is 1.52. The van der Waals surface area contributed by atoms with Gasteiger partial charge in [0.1, 0.15) is 0 Å². The Labute approximate surface area is 125 Å². The summed E-state index contributed by atoms with van der Waals surface area (Å²) in [5, 5.41) is 2.22. The maximum atomic E-state index is 12.5. The van der Waals surface area contributed by atoms with E-state index in [9.17, 15) is 21.6 Å². The first-order valence-corrected chi connectivity index (χ1v) is 8.15. The summed E-state index contributed by atoms with van der Waals surface area (Å²) in [5.41, 5.74) is -0.869. The molecule has 0 amide bonds. The van der Waals surface area contributed by atoms with Crippen molar-refractivity contribution in [1.82, 2.24) is 0 Å². The van der Waals surface area contributed by atoms with E-state index in [0.717, 1.165) is 12.1 Å². The zero-order valence-corrected chi connectivity index (χ0v) is 12.7. The Balaban J connectivity index is 2.88. The van der Waals surface area contributed by atoms with Gasteiger partial charge in [0.2, 0.25) is 0 Å². The van der Waals surface area contributed by atoms with Gasteiger partial charge < -0.3 is 5.32 Å². The van der Waals surface area contributed by atoms with Crippen LogP contribution in [0.15, 0.2) is 12.1 Å². The Hall–Kier alpha value is -0.660. The molecule has 1 aromatic rings. The summed E-state index contributed by atoms with van der Waals surface area (Å²) in [5.74, 6) is -0.166. The second-order valence-electron chi connectivity index (χ2n) is 3.98. The van der Waals surface area contributed by atoms with Crippen molar-refractivity contribution >= 4 is 38.7 Å². The van der Waals surface area contributed by atoms with Gasteiger partial charge in [-0.15, -0.1) is 0 Å². The second kappa shape index (κ2) is 6.41. The minimum absolute atomic E-state index is 0.0108. The van der Waals surface area contributed by atoms with Gasteiger partial charge in [-0.1, -0.05) is 30.1 Å². The van der Waals surface area contributed by atoms with E-state index in [1.807, 2.05) is 0 Å². The Morgan fingerprint density at radius 2 is 1.70 bits per heavy atom. The molecule has 3 nitrogen and oxygen atoms in total. The van der Waals surface area contributed by atoms with Crippen LogP contribution in [-0.4, -0.2) is 26.5 Å². The molecule has 0 radical (unpaired) electrons. The molecule has 0 heterocycles. The lowest BCUT2D eigenvalue weighted by Crippen LogP contribution is -2.17. The van der Waals surface area contributed by atoms with E-state index < -0.39 is 21.6 Å². The molecule has 0 aliphatic heterocycles. The van der Waals surface area contributed by atoms with Crippen LogP contribution in [0.1, 0.15) is 12.5 Å². The van der Waals surface area contributed by atoms with Crippen molar-refractivity contribution in [3.63, 3.8) is 0 Å². The molecule has 0 aliphatic rings. The topological polar surface area (TPSA) is 46.2 Å². The molecule has 0 fully saturated rings. The maximum absolute atomic E-state index is 12.5. The van der Waals surface area contributed by atoms with E-state index >= 15 is 0 Å². The number of hydrogen-bond donors (Lipinski definition) is 1. The molecule has 0 aliphatic carbocycles. The fourth-order valence-corrected chi connectivity index (χ4v) is 2.70. The average molecular weight is 350 g/mol. The van der Waals surface area contributed by atoms with Crippen molar-refractivity contribution in [2.24, 2.45) is 0 Å². The van der Waals surface area contributed by atoms with Crippen LogP contribution in [0.25, 0.3) is 0 Å². The largest absolute Gasteiger partial charge is 0.416 e. The minimum Gasteiger partial charge on any atom is -0.382 e. The van der Waals surface area contributed by atoms with Crippen molar-refractivity contribution < 1.29 is 21.6 Å².